The van der Waals surface area contributed by atoms with Crippen molar-refractivity contribution in [1.82, 2.24) is 9.29 Å². The summed E-state index contributed by atoms with van der Waals surface area (Å²) in [7, 11) is -3.85. The molecule has 0 spiro atoms. The zero-order chi connectivity index (χ0) is 21.1. The van der Waals surface area contributed by atoms with Crippen LogP contribution in [0.1, 0.15) is 37.8 Å². The zero-order valence-corrected chi connectivity index (χ0v) is 18.5. The van der Waals surface area contributed by atoms with Crippen LogP contribution in [0, 0.1) is 6.92 Å². The first-order valence-electron chi connectivity index (χ1n) is 10.2. The van der Waals surface area contributed by atoms with Crippen molar-refractivity contribution >= 4 is 43.2 Å². The highest BCUT2D eigenvalue weighted by Gasteiger charge is 2.35. The Morgan fingerprint density at radius 1 is 1.13 bits per heavy atom. The van der Waals surface area contributed by atoms with E-state index >= 15 is 0 Å². The van der Waals surface area contributed by atoms with Crippen molar-refractivity contribution in [2.45, 2.75) is 50.0 Å². The molecule has 8 heteroatoms. The fourth-order valence-corrected chi connectivity index (χ4v) is 6.60. The number of hydrogen-bond acceptors (Lipinski definition) is 5. The van der Waals surface area contributed by atoms with Crippen molar-refractivity contribution in [1.29, 1.82) is 0 Å². The van der Waals surface area contributed by atoms with Gasteiger partial charge in [0.2, 0.25) is 15.9 Å². The third-order valence-corrected chi connectivity index (χ3v) is 8.32. The number of amides is 1. The van der Waals surface area contributed by atoms with Crippen LogP contribution < -0.4 is 5.32 Å². The van der Waals surface area contributed by atoms with Gasteiger partial charge in [-0.1, -0.05) is 55.7 Å². The van der Waals surface area contributed by atoms with Crippen molar-refractivity contribution in [2.24, 2.45) is 0 Å². The van der Waals surface area contributed by atoms with Crippen molar-refractivity contribution in [3.05, 3.63) is 53.5 Å². The Morgan fingerprint density at radius 2 is 1.87 bits per heavy atom. The fourth-order valence-electron chi connectivity index (χ4n) is 4.04. The molecule has 2 aromatic carbocycles. The number of rotatable bonds is 6. The maximum absolute atomic E-state index is 13.8. The Labute approximate surface area is 181 Å². The summed E-state index contributed by atoms with van der Waals surface area (Å²) in [6, 6.07) is 12.6. The number of anilines is 1. The van der Waals surface area contributed by atoms with E-state index in [2.05, 4.69) is 10.3 Å². The Bertz CT molecular complexity index is 1150. The molecule has 0 aliphatic heterocycles. The number of carbonyl (C=O) groups is 1. The van der Waals surface area contributed by atoms with Crippen molar-refractivity contribution in [2.75, 3.05) is 11.9 Å². The van der Waals surface area contributed by atoms with Gasteiger partial charge in [0, 0.05) is 16.8 Å². The van der Waals surface area contributed by atoms with Gasteiger partial charge in [0.1, 0.15) is 0 Å². The average Bonchev–Trinajstić information content (AvgIpc) is 3.16. The number of aryl methyl sites for hydroxylation is 1. The molecule has 30 heavy (non-hydrogen) atoms. The molecule has 0 radical (unpaired) electrons. The lowest BCUT2D eigenvalue weighted by Gasteiger charge is -2.33. The maximum atomic E-state index is 13.8. The summed E-state index contributed by atoms with van der Waals surface area (Å²) in [6.07, 6.45) is 4.59. The van der Waals surface area contributed by atoms with E-state index in [1.807, 2.05) is 42.6 Å². The fraction of sp³-hybridized carbons (Fsp3) is 0.364. The highest BCUT2D eigenvalue weighted by atomic mass is 32.2. The Morgan fingerprint density at radius 3 is 2.60 bits per heavy atom. The van der Waals surface area contributed by atoms with Crippen LogP contribution in [-0.2, 0) is 14.8 Å². The number of carbonyl (C=O) groups excluding carboxylic acids is 1. The molecule has 1 amide bonds. The molecule has 1 aromatic heterocycles. The van der Waals surface area contributed by atoms with Crippen LogP contribution in [0.4, 0.5) is 5.13 Å². The minimum absolute atomic E-state index is 0.175. The number of benzene rings is 2. The maximum Gasteiger partial charge on any atom is 0.244 e. The van der Waals surface area contributed by atoms with Gasteiger partial charge in [-0.3, -0.25) is 4.79 Å². The van der Waals surface area contributed by atoms with E-state index in [1.165, 1.54) is 15.6 Å². The van der Waals surface area contributed by atoms with Gasteiger partial charge in [0.05, 0.1) is 17.1 Å². The first kappa shape index (κ1) is 21.0. The van der Waals surface area contributed by atoms with Crippen LogP contribution in [-0.4, -0.2) is 36.2 Å². The number of thiazole rings is 1. The van der Waals surface area contributed by atoms with Crippen LogP contribution >= 0.6 is 11.3 Å². The molecule has 0 saturated heterocycles. The third kappa shape index (κ3) is 4.40. The Balaban J connectivity index is 1.68. The van der Waals surface area contributed by atoms with Crippen molar-refractivity contribution in [3.8, 4) is 0 Å². The highest BCUT2D eigenvalue weighted by molar-refractivity contribution is 7.89. The SMILES string of the molecule is Cc1csc(NC(=O)CN(C2CCCCC2)S(=O)(=O)c2cccc3ccccc23)n1. The average molecular weight is 444 g/mol. The Kier molecular flexibility index (Phi) is 6.17. The summed E-state index contributed by atoms with van der Waals surface area (Å²) >= 11 is 1.34. The van der Waals surface area contributed by atoms with Crippen LogP contribution in [0.25, 0.3) is 10.8 Å². The molecular weight excluding hydrogens is 418 g/mol. The predicted octanol–water partition coefficient (Wildman–Crippen LogP) is 4.57. The number of nitrogens with zero attached hydrogens (tertiary/aromatic N) is 2. The molecule has 1 saturated carbocycles. The van der Waals surface area contributed by atoms with Crippen LogP contribution in [0.5, 0.6) is 0 Å². The summed E-state index contributed by atoms with van der Waals surface area (Å²) < 4.78 is 28.9. The predicted molar refractivity (Wildman–Crippen MR) is 120 cm³/mol. The van der Waals surface area contributed by atoms with Gasteiger partial charge < -0.3 is 5.32 Å². The molecule has 4 rings (SSSR count). The number of aromatic nitrogens is 1. The second-order valence-corrected chi connectivity index (χ2v) is 10.4. The minimum Gasteiger partial charge on any atom is -0.301 e. The second-order valence-electron chi connectivity index (χ2n) is 7.66. The molecule has 158 valence electrons. The van der Waals surface area contributed by atoms with Gasteiger partial charge in [-0.2, -0.15) is 4.31 Å². The first-order chi connectivity index (χ1) is 14.4. The van der Waals surface area contributed by atoms with Crippen LogP contribution in [0.15, 0.2) is 52.7 Å². The monoisotopic (exact) mass is 443 g/mol. The largest absolute Gasteiger partial charge is 0.301 e. The van der Waals surface area contributed by atoms with E-state index in [-0.39, 0.29) is 23.4 Å². The molecule has 1 aliphatic carbocycles. The van der Waals surface area contributed by atoms with Crippen LogP contribution in [0.3, 0.4) is 0 Å². The number of nitrogens with one attached hydrogen (secondary N) is 1. The van der Waals surface area contributed by atoms with Gasteiger partial charge in [0.15, 0.2) is 5.13 Å². The summed E-state index contributed by atoms with van der Waals surface area (Å²) in [5.74, 6) is -0.362. The summed E-state index contributed by atoms with van der Waals surface area (Å²) in [6.45, 7) is 1.64. The lowest BCUT2D eigenvalue weighted by molar-refractivity contribution is -0.116. The van der Waals surface area contributed by atoms with Crippen molar-refractivity contribution < 1.29 is 13.2 Å². The standard InChI is InChI=1S/C22H25N3O3S2/c1-16-15-29-22(23-16)24-21(26)14-25(18-10-3-2-4-11-18)30(27,28)20-13-7-9-17-8-5-6-12-19(17)20/h5-9,12-13,15,18H,2-4,10-11,14H2,1H3,(H,23,24,26). The second kappa shape index (κ2) is 8.83. The minimum atomic E-state index is -3.85. The van der Waals surface area contributed by atoms with E-state index in [9.17, 15) is 13.2 Å². The van der Waals surface area contributed by atoms with Gasteiger partial charge in [-0.05, 0) is 31.2 Å². The molecule has 0 bridgehead atoms. The van der Waals surface area contributed by atoms with E-state index in [1.54, 1.807) is 12.1 Å². The number of fused-ring (bicyclic) bond motifs is 1. The van der Waals surface area contributed by atoms with Crippen molar-refractivity contribution in [3.63, 3.8) is 0 Å². The molecule has 1 aliphatic rings. The third-order valence-electron chi connectivity index (χ3n) is 5.48. The van der Waals surface area contributed by atoms with Gasteiger partial charge in [-0.25, -0.2) is 13.4 Å². The topological polar surface area (TPSA) is 79.4 Å². The van der Waals surface area contributed by atoms with E-state index < -0.39 is 10.0 Å². The highest BCUT2D eigenvalue weighted by Crippen LogP contribution is 2.31. The normalized spacial score (nSPS) is 15.5. The smallest absolute Gasteiger partial charge is 0.244 e. The van der Waals surface area contributed by atoms with Gasteiger partial charge in [-0.15, -0.1) is 11.3 Å². The lowest BCUT2D eigenvalue weighted by atomic mass is 9.95. The molecular formula is C22H25N3O3S2. The molecule has 6 nitrogen and oxygen atoms in total. The molecule has 0 atom stereocenters. The molecule has 3 aromatic rings. The van der Waals surface area contributed by atoms with Gasteiger partial charge >= 0.3 is 0 Å². The van der Waals surface area contributed by atoms with E-state index in [0.29, 0.717) is 10.5 Å². The molecule has 0 unspecified atom stereocenters. The van der Waals surface area contributed by atoms with Gasteiger partial charge in [0.25, 0.3) is 0 Å². The first-order valence-corrected chi connectivity index (χ1v) is 12.5. The molecule has 1 fully saturated rings. The summed E-state index contributed by atoms with van der Waals surface area (Å²) in [5.41, 5.74) is 0.822. The number of sulfonamides is 1. The lowest BCUT2D eigenvalue weighted by Crippen LogP contribution is -2.45. The Hall–Kier alpha value is -2.29. The van der Waals surface area contributed by atoms with Crippen LogP contribution in [0.2, 0.25) is 0 Å². The van der Waals surface area contributed by atoms with E-state index in [0.717, 1.165) is 43.2 Å². The molecule has 1 heterocycles. The van der Waals surface area contributed by atoms with E-state index in [4.69, 9.17) is 0 Å². The summed E-state index contributed by atoms with van der Waals surface area (Å²) in [5, 5.41) is 6.64. The quantitative estimate of drug-likeness (QED) is 0.605. The zero-order valence-electron chi connectivity index (χ0n) is 16.9. The molecule has 1 N–H and O–H groups in total. The number of hydrogen-bond donors (Lipinski definition) is 1. The summed E-state index contributed by atoms with van der Waals surface area (Å²) in [4.78, 5) is 17.3.